The number of nitrogens with one attached hydrogen (secondary N) is 1. The van der Waals surface area contributed by atoms with E-state index in [1.807, 2.05) is 6.07 Å². The highest BCUT2D eigenvalue weighted by molar-refractivity contribution is 5.82. The third-order valence-corrected chi connectivity index (χ3v) is 5.27. The average Bonchev–Trinajstić information content (AvgIpc) is 2.75. The third kappa shape index (κ3) is 4.78. The van der Waals surface area contributed by atoms with Crippen molar-refractivity contribution in [2.45, 2.75) is 12.8 Å². The van der Waals surface area contributed by atoms with Crippen molar-refractivity contribution in [3.05, 3.63) is 59.0 Å². The fourth-order valence-electron chi connectivity index (χ4n) is 3.60. The molecule has 1 aromatic heterocycles. The van der Waals surface area contributed by atoms with Gasteiger partial charge in [-0.05, 0) is 49.2 Å². The number of phenolic OH excluding ortho intramolecular Hbond substituents is 1. The second-order valence-corrected chi connectivity index (χ2v) is 7.33. The number of nitrogens with zero attached hydrogens (tertiary/aromatic N) is 1. The molecule has 1 aliphatic heterocycles. The number of hydrogen-bond donors (Lipinski definition) is 2. The van der Waals surface area contributed by atoms with E-state index in [1.165, 1.54) is 6.26 Å². The summed E-state index contributed by atoms with van der Waals surface area (Å²) in [6.45, 7) is 6.15. The number of unbranched alkanes of at least 4 members (excludes halogenated alkanes) is 1. The van der Waals surface area contributed by atoms with Crippen molar-refractivity contribution in [1.82, 2.24) is 10.2 Å². The minimum absolute atomic E-state index is 0.0977. The van der Waals surface area contributed by atoms with Gasteiger partial charge in [0.15, 0.2) is 5.43 Å². The van der Waals surface area contributed by atoms with Crippen LogP contribution in [0.3, 0.4) is 0 Å². The number of piperazine rings is 1. The third-order valence-electron chi connectivity index (χ3n) is 5.27. The highest BCUT2D eigenvalue weighted by atomic mass is 16.5. The first-order valence-corrected chi connectivity index (χ1v) is 10.1. The number of aromatic hydroxyl groups is 1. The maximum atomic E-state index is 12.8. The number of fused-ring (bicyclic) bond motifs is 1. The fourth-order valence-corrected chi connectivity index (χ4v) is 3.60. The van der Waals surface area contributed by atoms with Crippen molar-refractivity contribution in [3.8, 4) is 22.6 Å². The van der Waals surface area contributed by atoms with Crippen LogP contribution in [-0.4, -0.2) is 49.3 Å². The predicted molar refractivity (Wildman–Crippen MR) is 114 cm³/mol. The number of hydrogen-bond acceptors (Lipinski definition) is 6. The van der Waals surface area contributed by atoms with Crippen LogP contribution in [0.4, 0.5) is 0 Å². The molecule has 6 nitrogen and oxygen atoms in total. The van der Waals surface area contributed by atoms with E-state index in [0.29, 0.717) is 34.5 Å². The molecule has 4 rings (SSSR count). The largest absolute Gasteiger partial charge is 0.508 e. The molecule has 0 unspecified atom stereocenters. The molecule has 1 saturated heterocycles. The lowest BCUT2D eigenvalue weighted by Crippen LogP contribution is -2.43. The van der Waals surface area contributed by atoms with Crippen molar-refractivity contribution in [2.75, 3.05) is 39.3 Å². The monoisotopic (exact) mass is 394 g/mol. The van der Waals surface area contributed by atoms with Crippen molar-refractivity contribution in [2.24, 2.45) is 0 Å². The Morgan fingerprint density at radius 1 is 1.07 bits per heavy atom. The van der Waals surface area contributed by atoms with Crippen LogP contribution >= 0.6 is 0 Å². The van der Waals surface area contributed by atoms with E-state index >= 15 is 0 Å². The van der Waals surface area contributed by atoms with Crippen LogP contribution in [-0.2, 0) is 0 Å². The molecule has 2 heterocycles. The summed E-state index contributed by atoms with van der Waals surface area (Å²) in [4.78, 5) is 15.3. The fraction of sp³-hybridized carbons (Fsp3) is 0.348. The second-order valence-electron chi connectivity index (χ2n) is 7.33. The quantitative estimate of drug-likeness (QED) is 0.600. The first-order valence-electron chi connectivity index (χ1n) is 10.1. The Morgan fingerprint density at radius 3 is 2.66 bits per heavy atom. The van der Waals surface area contributed by atoms with Crippen LogP contribution in [0.1, 0.15) is 12.8 Å². The van der Waals surface area contributed by atoms with Crippen LogP contribution in [0, 0.1) is 0 Å². The standard InChI is InChI=1S/C23H26N2O4/c26-18-5-3-17(4-6-18)21-16-29-22-15-19(7-8-20(22)23(21)27)28-14-2-1-11-25-12-9-24-10-13-25/h3-8,15-16,24,26H,1-2,9-14H2. The van der Waals surface area contributed by atoms with Gasteiger partial charge in [0.1, 0.15) is 23.3 Å². The highest BCUT2D eigenvalue weighted by Gasteiger charge is 2.11. The van der Waals surface area contributed by atoms with E-state index < -0.39 is 0 Å². The van der Waals surface area contributed by atoms with Gasteiger partial charge in [0.25, 0.3) is 0 Å². The SMILES string of the molecule is O=c1c(-c2ccc(O)cc2)coc2cc(OCCCCN3CCNCC3)ccc12. The maximum Gasteiger partial charge on any atom is 0.200 e. The summed E-state index contributed by atoms with van der Waals surface area (Å²) in [5, 5.41) is 13.3. The van der Waals surface area contributed by atoms with Gasteiger partial charge in [0.05, 0.1) is 17.6 Å². The minimum atomic E-state index is -0.0977. The summed E-state index contributed by atoms with van der Waals surface area (Å²) < 4.78 is 11.6. The van der Waals surface area contributed by atoms with Crippen molar-refractivity contribution in [3.63, 3.8) is 0 Å². The molecule has 2 aromatic carbocycles. The van der Waals surface area contributed by atoms with Gasteiger partial charge in [0, 0.05) is 32.2 Å². The summed E-state index contributed by atoms with van der Waals surface area (Å²) in [5.74, 6) is 0.869. The van der Waals surface area contributed by atoms with Gasteiger partial charge in [-0.3, -0.25) is 4.79 Å². The molecule has 0 saturated carbocycles. The summed E-state index contributed by atoms with van der Waals surface area (Å²) in [5.41, 5.74) is 1.60. The lowest BCUT2D eigenvalue weighted by Gasteiger charge is -2.26. The van der Waals surface area contributed by atoms with E-state index in [4.69, 9.17) is 9.15 Å². The van der Waals surface area contributed by atoms with Crippen LogP contribution in [0.5, 0.6) is 11.5 Å². The topological polar surface area (TPSA) is 74.9 Å². The Hall–Kier alpha value is -2.83. The van der Waals surface area contributed by atoms with Gasteiger partial charge in [-0.2, -0.15) is 0 Å². The molecule has 3 aromatic rings. The zero-order valence-electron chi connectivity index (χ0n) is 16.4. The summed E-state index contributed by atoms with van der Waals surface area (Å²) in [6.07, 6.45) is 3.57. The van der Waals surface area contributed by atoms with E-state index in [0.717, 1.165) is 45.6 Å². The van der Waals surface area contributed by atoms with Gasteiger partial charge in [-0.1, -0.05) is 12.1 Å². The number of benzene rings is 2. The molecule has 0 spiro atoms. The van der Waals surface area contributed by atoms with Crippen LogP contribution in [0.15, 0.2) is 57.9 Å². The lowest BCUT2D eigenvalue weighted by atomic mass is 10.1. The van der Waals surface area contributed by atoms with Crippen molar-refractivity contribution in [1.29, 1.82) is 0 Å². The smallest absolute Gasteiger partial charge is 0.200 e. The van der Waals surface area contributed by atoms with Crippen molar-refractivity contribution < 1.29 is 14.3 Å². The Morgan fingerprint density at radius 2 is 1.86 bits per heavy atom. The van der Waals surface area contributed by atoms with Gasteiger partial charge < -0.3 is 24.5 Å². The molecule has 152 valence electrons. The van der Waals surface area contributed by atoms with Gasteiger partial charge in [-0.15, -0.1) is 0 Å². The van der Waals surface area contributed by atoms with E-state index in [2.05, 4.69) is 10.2 Å². The van der Waals surface area contributed by atoms with E-state index in [-0.39, 0.29) is 11.2 Å². The molecule has 1 aliphatic rings. The van der Waals surface area contributed by atoms with Crippen molar-refractivity contribution >= 4 is 11.0 Å². The maximum absolute atomic E-state index is 12.8. The first-order chi connectivity index (χ1) is 14.2. The Balaban J connectivity index is 1.37. The van der Waals surface area contributed by atoms with E-state index in [1.54, 1.807) is 36.4 Å². The molecule has 0 aliphatic carbocycles. The summed E-state index contributed by atoms with van der Waals surface area (Å²) >= 11 is 0. The number of phenols is 1. The molecule has 29 heavy (non-hydrogen) atoms. The molecular formula is C23H26N2O4. The van der Waals surface area contributed by atoms with Gasteiger partial charge >= 0.3 is 0 Å². The Bertz CT molecular complexity index is 1010. The Labute approximate surface area is 169 Å². The summed E-state index contributed by atoms with van der Waals surface area (Å²) in [7, 11) is 0. The van der Waals surface area contributed by atoms with Gasteiger partial charge in [0.2, 0.25) is 0 Å². The number of ether oxygens (including phenoxy) is 1. The van der Waals surface area contributed by atoms with Gasteiger partial charge in [-0.25, -0.2) is 0 Å². The Kier molecular flexibility index (Phi) is 6.12. The molecule has 2 N–H and O–H groups in total. The molecule has 0 bridgehead atoms. The molecular weight excluding hydrogens is 368 g/mol. The number of rotatable bonds is 7. The van der Waals surface area contributed by atoms with Crippen LogP contribution < -0.4 is 15.5 Å². The minimum Gasteiger partial charge on any atom is -0.508 e. The van der Waals surface area contributed by atoms with Crippen LogP contribution in [0.25, 0.3) is 22.1 Å². The molecule has 1 fully saturated rings. The normalized spacial score (nSPS) is 14.9. The predicted octanol–water partition coefficient (Wildman–Crippen LogP) is 3.23. The molecule has 6 heteroatoms. The zero-order valence-corrected chi connectivity index (χ0v) is 16.4. The summed E-state index contributed by atoms with van der Waals surface area (Å²) in [6, 6.07) is 11.8. The highest BCUT2D eigenvalue weighted by Crippen LogP contribution is 2.24. The molecule has 0 radical (unpaired) electrons. The first kappa shape index (κ1) is 19.5. The van der Waals surface area contributed by atoms with Crippen LogP contribution in [0.2, 0.25) is 0 Å². The molecule has 0 amide bonds. The average molecular weight is 394 g/mol. The van der Waals surface area contributed by atoms with E-state index in [9.17, 15) is 9.90 Å². The molecule has 0 atom stereocenters. The lowest BCUT2D eigenvalue weighted by molar-refractivity contribution is 0.226. The second kappa shape index (κ2) is 9.11. The zero-order chi connectivity index (χ0) is 20.1.